The minimum absolute atomic E-state index is 0.154. The zero-order chi connectivity index (χ0) is 12.3. The topological polar surface area (TPSA) is 78.4 Å². The SMILES string of the molecule is CN1CCCc2nc(NCC(=O)O)ncc2C1. The zero-order valence-electron chi connectivity index (χ0n) is 9.81. The summed E-state index contributed by atoms with van der Waals surface area (Å²) >= 11 is 0. The Morgan fingerprint density at radius 1 is 1.65 bits per heavy atom. The van der Waals surface area contributed by atoms with Crippen LogP contribution in [0, 0.1) is 0 Å². The van der Waals surface area contributed by atoms with Crippen molar-refractivity contribution in [1.29, 1.82) is 0 Å². The molecule has 0 atom stereocenters. The van der Waals surface area contributed by atoms with Crippen molar-refractivity contribution in [1.82, 2.24) is 14.9 Å². The molecule has 6 heteroatoms. The fraction of sp³-hybridized carbons (Fsp3) is 0.545. The number of carbonyl (C=O) groups is 1. The zero-order valence-corrected chi connectivity index (χ0v) is 9.81. The van der Waals surface area contributed by atoms with Gasteiger partial charge in [-0.1, -0.05) is 0 Å². The van der Waals surface area contributed by atoms with Gasteiger partial charge < -0.3 is 15.3 Å². The van der Waals surface area contributed by atoms with E-state index in [4.69, 9.17) is 5.11 Å². The summed E-state index contributed by atoms with van der Waals surface area (Å²) in [6.07, 6.45) is 3.77. The number of aliphatic carboxylic acids is 1. The second kappa shape index (κ2) is 5.09. The minimum atomic E-state index is -0.914. The molecule has 92 valence electrons. The number of carboxylic acid groups (broad SMARTS) is 1. The molecular formula is C11H16N4O2. The number of aromatic nitrogens is 2. The van der Waals surface area contributed by atoms with Crippen LogP contribution in [0.1, 0.15) is 17.7 Å². The molecule has 0 spiro atoms. The number of anilines is 1. The third kappa shape index (κ3) is 3.13. The molecule has 0 amide bonds. The third-order valence-corrected chi connectivity index (χ3v) is 2.75. The number of carboxylic acids is 1. The van der Waals surface area contributed by atoms with E-state index in [2.05, 4.69) is 27.2 Å². The second-order valence-electron chi connectivity index (χ2n) is 4.25. The van der Waals surface area contributed by atoms with Gasteiger partial charge in [0.25, 0.3) is 0 Å². The normalized spacial score (nSPS) is 16.1. The number of rotatable bonds is 3. The van der Waals surface area contributed by atoms with Crippen molar-refractivity contribution in [2.24, 2.45) is 0 Å². The van der Waals surface area contributed by atoms with Crippen molar-refractivity contribution in [3.8, 4) is 0 Å². The maximum Gasteiger partial charge on any atom is 0.322 e. The fourth-order valence-electron chi connectivity index (χ4n) is 1.92. The first kappa shape index (κ1) is 11.8. The maximum absolute atomic E-state index is 10.4. The van der Waals surface area contributed by atoms with Gasteiger partial charge in [-0.05, 0) is 26.4 Å². The molecule has 0 fully saturated rings. The van der Waals surface area contributed by atoms with Gasteiger partial charge in [0.05, 0.1) is 5.69 Å². The molecule has 0 saturated heterocycles. The molecule has 0 unspecified atom stereocenters. The van der Waals surface area contributed by atoms with Crippen LogP contribution >= 0.6 is 0 Å². The maximum atomic E-state index is 10.4. The van der Waals surface area contributed by atoms with Crippen LogP contribution in [-0.4, -0.2) is 46.1 Å². The van der Waals surface area contributed by atoms with Gasteiger partial charge in [0, 0.05) is 18.3 Å². The Kier molecular flexibility index (Phi) is 3.53. The van der Waals surface area contributed by atoms with E-state index in [0.717, 1.165) is 37.2 Å². The highest BCUT2D eigenvalue weighted by Crippen LogP contribution is 2.16. The molecular weight excluding hydrogens is 220 g/mol. The molecule has 6 nitrogen and oxygen atoms in total. The minimum Gasteiger partial charge on any atom is -0.480 e. The van der Waals surface area contributed by atoms with E-state index in [-0.39, 0.29) is 6.54 Å². The van der Waals surface area contributed by atoms with E-state index in [1.165, 1.54) is 0 Å². The van der Waals surface area contributed by atoms with Crippen molar-refractivity contribution in [2.75, 3.05) is 25.5 Å². The summed E-state index contributed by atoms with van der Waals surface area (Å²) < 4.78 is 0. The Bertz CT molecular complexity index is 422. The lowest BCUT2D eigenvalue weighted by molar-refractivity contribution is -0.134. The molecule has 0 aliphatic carbocycles. The monoisotopic (exact) mass is 236 g/mol. The summed E-state index contributed by atoms with van der Waals surface area (Å²) in [5.74, 6) is -0.515. The molecule has 1 aliphatic rings. The van der Waals surface area contributed by atoms with Crippen molar-refractivity contribution < 1.29 is 9.90 Å². The van der Waals surface area contributed by atoms with Gasteiger partial charge in [-0.2, -0.15) is 0 Å². The van der Waals surface area contributed by atoms with Crippen LogP contribution < -0.4 is 5.32 Å². The van der Waals surface area contributed by atoms with E-state index in [1.807, 2.05) is 0 Å². The Morgan fingerprint density at radius 2 is 2.47 bits per heavy atom. The Balaban J connectivity index is 2.13. The number of nitrogens with one attached hydrogen (secondary N) is 1. The van der Waals surface area contributed by atoms with Gasteiger partial charge in [0.1, 0.15) is 6.54 Å². The van der Waals surface area contributed by atoms with E-state index in [0.29, 0.717) is 5.95 Å². The van der Waals surface area contributed by atoms with Gasteiger partial charge in [0.2, 0.25) is 5.95 Å². The Labute approximate surface area is 99.7 Å². The third-order valence-electron chi connectivity index (χ3n) is 2.75. The van der Waals surface area contributed by atoms with Crippen LogP contribution in [-0.2, 0) is 17.8 Å². The van der Waals surface area contributed by atoms with E-state index in [1.54, 1.807) is 6.20 Å². The predicted molar refractivity (Wildman–Crippen MR) is 62.8 cm³/mol. The second-order valence-corrected chi connectivity index (χ2v) is 4.25. The largest absolute Gasteiger partial charge is 0.480 e. The molecule has 1 aliphatic heterocycles. The first-order chi connectivity index (χ1) is 8.15. The molecule has 17 heavy (non-hydrogen) atoms. The molecule has 1 aromatic heterocycles. The Morgan fingerprint density at radius 3 is 3.24 bits per heavy atom. The Hall–Kier alpha value is -1.69. The molecule has 0 bridgehead atoms. The fourth-order valence-corrected chi connectivity index (χ4v) is 1.92. The summed E-state index contributed by atoms with van der Waals surface area (Å²) in [5, 5.41) is 11.3. The molecule has 0 radical (unpaired) electrons. The molecule has 0 saturated carbocycles. The first-order valence-electron chi connectivity index (χ1n) is 5.64. The molecule has 0 aromatic carbocycles. The lowest BCUT2D eigenvalue weighted by Crippen LogP contribution is -2.18. The quantitative estimate of drug-likeness (QED) is 0.788. The summed E-state index contributed by atoms with van der Waals surface area (Å²) in [6.45, 7) is 1.75. The highest BCUT2D eigenvalue weighted by atomic mass is 16.4. The summed E-state index contributed by atoms with van der Waals surface area (Å²) in [5.41, 5.74) is 2.16. The summed E-state index contributed by atoms with van der Waals surface area (Å²) in [7, 11) is 2.08. The van der Waals surface area contributed by atoms with Crippen molar-refractivity contribution in [3.05, 3.63) is 17.5 Å². The van der Waals surface area contributed by atoms with Crippen molar-refractivity contribution in [2.45, 2.75) is 19.4 Å². The lowest BCUT2D eigenvalue weighted by Gasteiger charge is -2.12. The molecule has 2 rings (SSSR count). The van der Waals surface area contributed by atoms with Crippen LogP contribution in [0.15, 0.2) is 6.20 Å². The number of fused-ring (bicyclic) bond motifs is 1. The lowest BCUT2D eigenvalue weighted by atomic mass is 10.2. The van der Waals surface area contributed by atoms with Crippen LogP contribution in [0.25, 0.3) is 0 Å². The molecule has 2 N–H and O–H groups in total. The van der Waals surface area contributed by atoms with Crippen LogP contribution in [0.5, 0.6) is 0 Å². The van der Waals surface area contributed by atoms with Crippen LogP contribution in [0.4, 0.5) is 5.95 Å². The standard InChI is InChI=1S/C11H16N4O2/c1-15-4-2-3-9-8(7-15)5-12-11(14-9)13-6-10(16)17/h5H,2-4,6-7H2,1H3,(H,16,17)(H,12,13,14). The average molecular weight is 236 g/mol. The summed E-state index contributed by atoms with van der Waals surface area (Å²) in [6, 6.07) is 0. The molecule has 1 aromatic rings. The number of nitrogens with zero attached hydrogens (tertiary/aromatic N) is 3. The molecule has 2 heterocycles. The van der Waals surface area contributed by atoms with Gasteiger partial charge in [-0.25, -0.2) is 9.97 Å². The number of hydrogen-bond acceptors (Lipinski definition) is 5. The van der Waals surface area contributed by atoms with Crippen molar-refractivity contribution in [3.63, 3.8) is 0 Å². The predicted octanol–water partition coefficient (Wildman–Crippen LogP) is 0.351. The highest BCUT2D eigenvalue weighted by Gasteiger charge is 2.13. The van der Waals surface area contributed by atoms with E-state index < -0.39 is 5.97 Å². The first-order valence-corrected chi connectivity index (χ1v) is 5.64. The van der Waals surface area contributed by atoms with E-state index in [9.17, 15) is 4.79 Å². The van der Waals surface area contributed by atoms with Crippen molar-refractivity contribution >= 4 is 11.9 Å². The van der Waals surface area contributed by atoms with Gasteiger partial charge >= 0.3 is 5.97 Å². The number of aryl methyl sites for hydroxylation is 1. The van der Waals surface area contributed by atoms with Gasteiger partial charge in [-0.3, -0.25) is 4.79 Å². The highest BCUT2D eigenvalue weighted by molar-refractivity contribution is 5.71. The number of hydrogen-bond donors (Lipinski definition) is 2. The smallest absolute Gasteiger partial charge is 0.322 e. The average Bonchev–Trinajstić information content (AvgIpc) is 2.46. The van der Waals surface area contributed by atoms with Crippen LogP contribution in [0.3, 0.4) is 0 Å². The van der Waals surface area contributed by atoms with Gasteiger partial charge in [0.15, 0.2) is 0 Å². The summed E-state index contributed by atoms with van der Waals surface area (Å²) in [4.78, 5) is 21.2. The van der Waals surface area contributed by atoms with Crippen LogP contribution in [0.2, 0.25) is 0 Å². The van der Waals surface area contributed by atoms with E-state index >= 15 is 0 Å². The van der Waals surface area contributed by atoms with Gasteiger partial charge in [-0.15, -0.1) is 0 Å².